The van der Waals surface area contributed by atoms with Gasteiger partial charge in [-0.05, 0) is 12.1 Å². The lowest BCUT2D eigenvalue weighted by Crippen LogP contribution is -1.96. The Kier molecular flexibility index (Phi) is 4.49. The maximum atomic E-state index is 10.9. The monoisotopic (exact) mass is 352 g/mol. The molecule has 0 aromatic heterocycles. The zero-order valence-corrected chi connectivity index (χ0v) is 12.1. The van der Waals surface area contributed by atoms with Crippen molar-refractivity contribution < 1.29 is 14.6 Å². The Balaban J connectivity index is 2.40. The molecule has 0 radical (unpaired) electrons. The molecular formula is C13H9BrN2O5. The van der Waals surface area contributed by atoms with Gasteiger partial charge in [-0.3, -0.25) is 20.2 Å². The molecule has 7 nitrogen and oxygen atoms in total. The molecule has 0 aliphatic rings. The highest BCUT2D eigenvalue weighted by Gasteiger charge is 2.17. The van der Waals surface area contributed by atoms with Crippen LogP contribution in [0.15, 0.2) is 42.5 Å². The lowest BCUT2D eigenvalue weighted by Gasteiger charge is -2.09. The standard InChI is InChI=1S/C13H9BrN2O5/c14-8-9-7-10(15(17)18)5-6-12(9)21-13-4-2-1-3-11(13)16(19)20/h1-7H,8H2. The summed E-state index contributed by atoms with van der Waals surface area (Å²) in [5.74, 6) is 0.408. The summed E-state index contributed by atoms with van der Waals surface area (Å²) in [4.78, 5) is 20.6. The molecule has 0 amide bonds. The highest BCUT2D eigenvalue weighted by atomic mass is 79.9. The minimum absolute atomic E-state index is 0.0700. The van der Waals surface area contributed by atoms with E-state index in [0.29, 0.717) is 16.6 Å². The maximum absolute atomic E-state index is 10.9. The Hall–Kier alpha value is -2.48. The van der Waals surface area contributed by atoms with Crippen LogP contribution in [-0.2, 0) is 5.33 Å². The van der Waals surface area contributed by atoms with Crippen LogP contribution in [0.25, 0.3) is 0 Å². The average molecular weight is 353 g/mol. The fourth-order valence-electron chi connectivity index (χ4n) is 1.70. The molecule has 108 valence electrons. The summed E-state index contributed by atoms with van der Waals surface area (Å²) < 4.78 is 5.53. The average Bonchev–Trinajstić information content (AvgIpc) is 2.47. The molecule has 0 fully saturated rings. The molecule has 8 heteroatoms. The van der Waals surface area contributed by atoms with Gasteiger partial charge in [0, 0.05) is 29.1 Å². The third kappa shape index (κ3) is 3.34. The van der Waals surface area contributed by atoms with Crippen LogP contribution < -0.4 is 4.74 Å². The van der Waals surface area contributed by atoms with E-state index in [9.17, 15) is 20.2 Å². The number of alkyl halides is 1. The Morgan fingerprint density at radius 1 is 1.00 bits per heavy atom. The summed E-state index contributed by atoms with van der Waals surface area (Å²) in [6, 6.07) is 10.0. The summed E-state index contributed by atoms with van der Waals surface area (Å²) in [6.07, 6.45) is 0. The predicted molar refractivity (Wildman–Crippen MR) is 78.9 cm³/mol. The highest BCUT2D eigenvalue weighted by Crippen LogP contribution is 2.34. The third-order valence-corrected chi connectivity index (χ3v) is 3.28. The van der Waals surface area contributed by atoms with Crippen LogP contribution in [0.2, 0.25) is 0 Å². The minimum atomic E-state index is -0.547. The first kappa shape index (κ1) is 14.9. The van der Waals surface area contributed by atoms with Crippen molar-refractivity contribution in [3.05, 3.63) is 68.3 Å². The van der Waals surface area contributed by atoms with E-state index in [1.54, 1.807) is 6.07 Å². The first-order chi connectivity index (χ1) is 10.0. The second kappa shape index (κ2) is 6.31. The minimum Gasteiger partial charge on any atom is -0.450 e. The van der Waals surface area contributed by atoms with Gasteiger partial charge in [0.15, 0.2) is 0 Å². The number of halogens is 1. The Morgan fingerprint density at radius 2 is 1.71 bits per heavy atom. The molecule has 0 unspecified atom stereocenters. The first-order valence-electron chi connectivity index (χ1n) is 5.77. The smallest absolute Gasteiger partial charge is 0.311 e. The van der Waals surface area contributed by atoms with Gasteiger partial charge in [-0.25, -0.2) is 0 Å². The van der Waals surface area contributed by atoms with Crippen molar-refractivity contribution in [1.82, 2.24) is 0 Å². The van der Waals surface area contributed by atoms with Gasteiger partial charge in [0.2, 0.25) is 5.75 Å². The number of ether oxygens (including phenoxy) is 1. The van der Waals surface area contributed by atoms with E-state index < -0.39 is 9.85 Å². The predicted octanol–water partition coefficient (Wildman–Crippen LogP) is 4.19. The van der Waals surface area contributed by atoms with Gasteiger partial charge in [-0.2, -0.15) is 0 Å². The number of non-ortho nitro benzene ring substituents is 1. The van der Waals surface area contributed by atoms with E-state index in [1.807, 2.05) is 0 Å². The van der Waals surface area contributed by atoms with E-state index in [4.69, 9.17) is 4.74 Å². The van der Waals surface area contributed by atoms with Crippen LogP contribution in [0.1, 0.15) is 5.56 Å². The maximum Gasteiger partial charge on any atom is 0.311 e. The van der Waals surface area contributed by atoms with Gasteiger partial charge < -0.3 is 4.74 Å². The Morgan fingerprint density at radius 3 is 2.33 bits per heavy atom. The number of nitrogens with zero attached hydrogens (tertiary/aromatic N) is 2. The molecule has 0 aliphatic heterocycles. The SMILES string of the molecule is O=[N+]([O-])c1ccc(Oc2ccccc2[N+](=O)[O-])c(CBr)c1. The number of nitro benzene ring substituents is 2. The van der Waals surface area contributed by atoms with Crippen molar-refractivity contribution in [3.63, 3.8) is 0 Å². The van der Waals surface area contributed by atoms with Crippen molar-refractivity contribution in [2.45, 2.75) is 5.33 Å². The number of rotatable bonds is 5. The summed E-state index contributed by atoms with van der Waals surface area (Å²) in [6.45, 7) is 0. The van der Waals surface area contributed by atoms with Crippen LogP contribution >= 0.6 is 15.9 Å². The van der Waals surface area contributed by atoms with Crippen LogP contribution in [0, 0.1) is 20.2 Å². The molecule has 0 spiro atoms. The van der Waals surface area contributed by atoms with Crippen molar-refractivity contribution in [1.29, 1.82) is 0 Å². The second-order valence-electron chi connectivity index (χ2n) is 4.01. The fraction of sp³-hybridized carbons (Fsp3) is 0.0769. The summed E-state index contributed by atoms with van der Waals surface area (Å²) >= 11 is 3.22. The third-order valence-electron chi connectivity index (χ3n) is 2.68. The normalized spacial score (nSPS) is 10.1. The van der Waals surface area contributed by atoms with Gasteiger partial charge in [0.25, 0.3) is 5.69 Å². The molecule has 0 saturated carbocycles. The zero-order chi connectivity index (χ0) is 15.4. The van der Waals surface area contributed by atoms with Crippen molar-refractivity contribution in [2.75, 3.05) is 0 Å². The molecule has 0 aliphatic carbocycles. The zero-order valence-electron chi connectivity index (χ0n) is 10.6. The Labute approximate surface area is 127 Å². The van der Waals surface area contributed by atoms with E-state index in [-0.39, 0.29) is 17.1 Å². The van der Waals surface area contributed by atoms with Crippen LogP contribution in [0.4, 0.5) is 11.4 Å². The molecule has 0 N–H and O–H groups in total. The highest BCUT2D eigenvalue weighted by molar-refractivity contribution is 9.08. The molecule has 0 atom stereocenters. The van der Waals surface area contributed by atoms with Gasteiger partial charge in [-0.15, -0.1) is 0 Å². The van der Waals surface area contributed by atoms with Crippen LogP contribution in [0.3, 0.4) is 0 Å². The lowest BCUT2D eigenvalue weighted by atomic mass is 10.2. The van der Waals surface area contributed by atoms with Gasteiger partial charge in [0.05, 0.1) is 9.85 Å². The molecule has 2 aromatic rings. The van der Waals surface area contributed by atoms with Gasteiger partial charge >= 0.3 is 5.69 Å². The van der Waals surface area contributed by atoms with Gasteiger partial charge in [0.1, 0.15) is 5.75 Å². The van der Waals surface area contributed by atoms with Crippen LogP contribution in [-0.4, -0.2) is 9.85 Å². The number of para-hydroxylation sites is 2. The molecule has 0 saturated heterocycles. The van der Waals surface area contributed by atoms with Crippen LogP contribution in [0.5, 0.6) is 11.5 Å². The largest absolute Gasteiger partial charge is 0.450 e. The van der Waals surface area contributed by atoms with Crippen molar-refractivity contribution in [2.24, 2.45) is 0 Å². The van der Waals surface area contributed by atoms with Gasteiger partial charge in [-0.1, -0.05) is 28.1 Å². The second-order valence-corrected chi connectivity index (χ2v) is 4.57. The molecule has 2 aromatic carbocycles. The van der Waals surface area contributed by atoms with E-state index >= 15 is 0 Å². The molecular weight excluding hydrogens is 344 g/mol. The van der Waals surface area contributed by atoms with Crippen molar-refractivity contribution >= 4 is 27.3 Å². The fourth-order valence-corrected chi connectivity index (χ4v) is 2.13. The molecule has 2 rings (SSSR count). The molecule has 0 heterocycles. The van der Waals surface area contributed by atoms with Crippen molar-refractivity contribution in [3.8, 4) is 11.5 Å². The number of hydrogen-bond donors (Lipinski definition) is 0. The summed E-state index contributed by atoms with van der Waals surface area (Å²) in [5, 5.41) is 22.0. The Bertz CT molecular complexity index is 705. The van der Waals surface area contributed by atoms with E-state index in [1.165, 1.54) is 36.4 Å². The lowest BCUT2D eigenvalue weighted by molar-refractivity contribution is -0.385. The summed E-state index contributed by atoms with van der Waals surface area (Å²) in [7, 11) is 0. The number of hydrogen-bond acceptors (Lipinski definition) is 5. The molecule has 21 heavy (non-hydrogen) atoms. The molecule has 0 bridgehead atoms. The summed E-state index contributed by atoms with van der Waals surface area (Å²) in [5.41, 5.74) is 0.290. The first-order valence-corrected chi connectivity index (χ1v) is 6.89. The quantitative estimate of drug-likeness (QED) is 0.456. The number of benzene rings is 2. The van der Waals surface area contributed by atoms with E-state index in [0.717, 1.165) is 0 Å². The number of nitro groups is 2. The topological polar surface area (TPSA) is 95.5 Å². The van der Waals surface area contributed by atoms with E-state index in [2.05, 4.69) is 15.9 Å².